The van der Waals surface area contributed by atoms with E-state index in [1.807, 2.05) is 57.2 Å². The SMILES string of the molecule is COc1cc(C(C(=O)N2CCNCC2C(=O)OC(C)(C)C)C2(O)CCCCC2)cc(Br)c1OCc1ccccc1. The molecule has 2 atom stereocenters. The van der Waals surface area contributed by atoms with E-state index in [0.717, 1.165) is 24.8 Å². The number of rotatable bonds is 8. The number of piperazine rings is 1. The number of aliphatic hydroxyl groups is 1. The maximum Gasteiger partial charge on any atom is 0.330 e. The number of carbonyl (C=O) groups is 2. The van der Waals surface area contributed by atoms with E-state index in [2.05, 4.69) is 21.2 Å². The van der Waals surface area contributed by atoms with Gasteiger partial charge in [0.2, 0.25) is 5.91 Å². The predicted molar refractivity (Wildman–Crippen MR) is 156 cm³/mol. The standard InChI is InChI=1S/C31H41BrN2O6/c1-30(2,3)40-29(36)24-19-33-15-16-34(24)28(35)26(31(37)13-9-6-10-14-31)22-17-23(32)27(25(18-22)38-4)39-20-21-11-7-5-8-12-21/h5,7-8,11-12,17-18,24,26,33,37H,6,9-10,13-16,19-20H2,1-4H3. The highest BCUT2D eigenvalue weighted by atomic mass is 79.9. The van der Waals surface area contributed by atoms with Crippen LogP contribution in [0.25, 0.3) is 0 Å². The zero-order valence-electron chi connectivity index (χ0n) is 23.9. The first-order valence-electron chi connectivity index (χ1n) is 14.0. The van der Waals surface area contributed by atoms with Crippen LogP contribution in [0.5, 0.6) is 11.5 Å². The molecule has 2 aromatic rings. The van der Waals surface area contributed by atoms with Crippen LogP contribution in [0.4, 0.5) is 0 Å². The first kappa shape index (κ1) is 30.3. The smallest absolute Gasteiger partial charge is 0.330 e. The molecule has 2 aliphatic rings. The summed E-state index contributed by atoms with van der Waals surface area (Å²) in [7, 11) is 1.56. The zero-order valence-corrected chi connectivity index (χ0v) is 25.5. The molecular weight excluding hydrogens is 576 g/mol. The number of amides is 1. The van der Waals surface area contributed by atoms with Crippen LogP contribution in [0.2, 0.25) is 0 Å². The largest absolute Gasteiger partial charge is 0.493 e. The van der Waals surface area contributed by atoms with Crippen LogP contribution in [-0.4, -0.2) is 65.9 Å². The molecular formula is C31H41BrN2O6. The number of nitrogens with one attached hydrogen (secondary N) is 1. The number of ether oxygens (including phenoxy) is 3. The van der Waals surface area contributed by atoms with Crippen molar-refractivity contribution < 1.29 is 28.9 Å². The van der Waals surface area contributed by atoms with Gasteiger partial charge in [-0.2, -0.15) is 0 Å². The van der Waals surface area contributed by atoms with Gasteiger partial charge in [0.25, 0.3) is 0 Å². The van der Waals surface area contributed by atoms with Crippen molar-refractivity contribution in [2.75, 3.05) is 26.7 Å². The van der Waals surface area contributed by atoms with Crippen molar-refractivity contribution in [3.8, 4) is 11.5 Å². The van der Waals surface area contributed by atoms with Crippen molar-refractivity contribution in [3.05, 3.63) is 58.1 Å². The minimum Gasteiger partial charge on any atom is -0.493 e. The fourth-order valence-electron chi connectivity index (χ4n) is 5.63. The Hall–Kier alpha value is -2.62. The number of methoxy groups -OCH3 is 1. The monoisotopic (exact) mass is 616 g/mol. The van der Waals surface area contributed by atoms with Gasteiger partial charge >= 0.3 is 5.97 Å². The van der Waals surface area contributed by atoms with E-state index in [-0.39, 0.29) is 5.91 Å². The topological polar surface area (TPSA) is 97.3 Å². The summed E-state index contributed by atoms with van der Waals surface area (Å²) in [5, 5.41) is 15.2. The van der Waals surface area contributed by atoms with Crippen LogP contribution < -0.4 is 14.8 Å². The average molecular weight is 618 g/mol. The number of hydrogen-bond donors (Lipinski definition) is 2. The summed E-state index contributed by atoms with van der Waals surface area (Å²) in [5.41, 5.74) is -0.309. The quantitative estimate of drug-likeness (QED) is 0.405. The number of carbonyl (C=O) groups excluding carboxylic acids is 2. The molecule has 4 rings (SSSR count). The second-order valence-electron chi connectivity index (χ2n) is 11.7. The number of halogens is 1. The molecule has 1 amide bonds. The molecule has 0 radical (unpaired) electrons. The van der Waals surface area contributed by atoms with Crippen LogP contribution >= 0.6 is 15.9 Å². The summed E-state index contributed by atoms with van der Waals surface area (Å²) in [6.45, 7) is 6.97. The first-order valence-corrected chi connectivity index (χ1v) is 14.8. The number of nitrogens with zero attached hydrogens (tertiary/aromatic N) is 1. The second kappa shape index (κ2) is 12.9. The van der Waals surface area contributed by atoms with E-state index in [1.54, 1.807) is 18.1 Å². The molecule has 1 aliphatic heterocycles. The van der Waals surface area contributed by atoms with Crippen molar-refractivity contribution in [1.82, 2.24) is 10.2 Å². The molecule has 0 aromatic heterocycles. The molecule has 0 bridgehead atoms. The first-order chi connectivity index (χ1) is 19.0. The zero-order chi connectivity index (χ0) is 28.9. The van der Waals surface area contributed by atoms with Crippen molar-refractivity contribution in [2.24, 2.45) is 0 Å². The maximum atomic E-state index is 14.4. The Morgan fingerprint density at radius 3 is 2.50 bits per heavy atom. The summed E-state index contributed by atoms with van der Waals surface area (Å²) in [4.78, 5) is 29.2. The van der Waals surface area contributed by atoms with Crippen LogP contribution in [0.3, 0.4) is 0 Å². The van der Waals surface area contributed by atoms with Crippen LogP contribution in [0, 0.1) is 0 Å². The molecule has 2 aromatic carbocycles. The molecule has 9 heteroatoms. The van der Waals surface area contributed by atoms with Gasteiger partial charge < -0.3 is 29.5 Å². The highest BCUT2D eigenvalue weighted by molar-refractivity contribution is 9.10. The van der Waals surface area contributed by atoms with E-state index < -0.39 is 29.1 Å². The van der Waals surface area contributed by atoms with E-state index in [1.165, 1.54) is 0 Å². The Kier molecular flexibility index (Phi) is 9.80. The Morgan fingerprint density at radius 2 is 1.85 bits per heavy atom. The van der Waals surface area contributed by atoms with Gasteiger partial charge in [0.05, 0.1) is 23.1 Å². The van der Waals surface area contributed by atoms with Crippen LogP contribution in [0.15, 0.2) is 46.9 Å². The van der Waals surface area contributed by atoms with Gasteiger partial charge in [-0.05, 0) is 72.8 Å². The fraction of sp³-hybridized carbons (Fsp3) is 0.548. The molecule has 0 spiro atoms. The predicted octanol–water partition coefficient (Wildman–Crippen LogP) is 4.96. The highest BCUT2D eigenvalue weighted by Crippen LogP contribution is 2.46. The van der Waals surface area contributed by atoms with Gasteiger partial charge in [-0.15, -0.1) is 0 Å². The third-order valence-electron chi connectivity index (χ3n) is 7.52. The lowest BCUT2D eigenvalue weighted by atomic mass is 9.72. The minimum absolute atomic E-state index is 0.284. The third-order valence-corrected chi connectivity index (χ3v) is 8.11. The number of hydrogen-bond acceptors (Lipinski definition) is 7. The lowest BCUT2D eigenvalue weighted by Crippen LogP contribution is -2.61. The van der Waals surface area contributed by atoms with Gasteiger partial charge in [-0.25, -0.2) is 4.79 Å². The summed E-state index contributed by atoms with van der Waals surface area (Å²) < 4.78 is 18.1. The molecule has 8 nitrogen and oxygen atoms in total. The van der Waals surface area contributed by atoms with Gasteiger partial charge in [-0.3, -0.25) is 4.79 Å². The molecule has 1 saturated heterocycles. The molecule has 1 aliphatic carbocycles. The lowest BCUT2D eigenvalue weighted by molar-refractivity contribution is -0.168. The summed E-state index contributed by atoms with van der Waals surface area (Å²) in [6.07, 6.45) is 3.66. The van der Waals surface area contributed by atoms with Crippen molar-refractivity contribution >= 4 is 27.8 Å². The molecule has 2 unspecified atom stereocenters. The van der Waals surface area contributed by atoms with Crippen molar-refractivity contribution in [2.45, 2.75) is 82.6 Å². The number of esters is 1. The van der Waals surface area contributed by atoms with Crippen LogP contribution in [-0.2, 0) is 20.9 Å². The maximum absolute atomic E-state index is 14.4. The van der Waals surface area contributed by atoms with Gasteiger partial charge in [0.1, 0.15) is 18.2 Å². The van der Waals surface area contributed by atoms with E-state index in [9.17, 15) is 14.7 Å². The Bertz CT molecular complexity index is 1180. The average Bonchev–Trinajstić information content (AvgIpc) is 2.92. The summed E-state index contributed by atoms with van der Waals surface area (Å²) in [5.74, 6) is -0.643. The van der Waals surface area contributed by atoms with Crippen LogP contribution in [0.1, 0.15) is 69.9 Å². The molecule has 1 heterocycles. The molecule has 40 heavy (non-hydrogen) atoms. The van der Waals surface area contributed by atoms with E-state index >= 15 is 0 Å². The van der Waals surface area contributed by atoms with Crippen molar-refractivity contribution in [1.29, 1.82) is 0 Å². The van der Waals surface area contributed by atoms with Gasteiger partial charge in [0, 0.05) is 19.6 Å². The van der Waals surface area contributed by atoms with Crippen molar-refractivity contribution in [3.63, 3.8) is 0 Å². The summed E-state index contributed by atoms with van der Waals surface area (Å²) >= 11 is 3.64. The van der Waals surface area contributed by atoms with Gasteiger partial charge in [-0.1, -0.05) is 49.6 Å². The molecule has 2 fully saturated rings. The van der Waals surface area contributed by atoms with Gasteiger partial charge in [0.15, 0.2) is 11.5 Å². The minimum atomic E-state index is -1.25. The fourth-order valence-corrected chi connectivity index (χ4v) is 6.20. The lowest BCUT2D eigenvalue weighted by Gasteiger charge is -2.43. The Labute approximate surface area is 245 Å². The van der Waals surface area contributed by atoms with E-state index in [0.29, 0.717) is 60.6 Å². The van der Waals surface area contributed by atoms with E-state index in [4.69, 9.17) is 14.2 Å². The Morgan fingerprint density at radius 1 is 1.15 bits per heavy atom. The normalized spacial score (nSPS) is 19.9. The molecule has 218 valence electrons. The number of benzene rings is 2. The third kappa shape index (κ3) is 7.17. The summed E-state index contributed by atoms with van der Waals surface area (Å²) in [6, 6.07) is 12.7. The second-order valence-corrected chi connectivity index (χ2v) is 12.5. The molecule has 2 N–H and O–H groups in total. The molecule has 1 saturated carbocycles. The highest BCUT2D eigenvalue weighted by Gasteiger charge is 2.48. The Balaban J connectivity index is 1.70.